The van der Waals surface area contributed by atoms with Crippen LogP contribution in [0.5, 0.6) is 23.0 Å². The summed E-state index contributed by atoms with van der Waals surface area (Å²) in [5.41, 5.74) is 0. The first-order chi connectivity index (χ1) is 10.0. The van der Waals surface area contributed by atoms with Gasteiger partial charge in [-0.1, -0.05) is 6.92 Å². The van der Waals surface area contributed by atoms with E-state index in [1.165, 1.54) is 0 Å². The summed E-state index contributed by atoms with van der Waals surface area (Å²) < 4.78 is 21.9. The molecule has 0 fully saturated rings. The van der Waals surface area contributed by atoms with Crippen LogP contribution in [0.4, 0.5) is 0 Å². The molecular weight excluding hydrogens is 270 g/mol. The molecule has 0 amide bonds. The van der Waals surface area contributed by atoms with E-state index in [0.717, 1.165) is 13.0 Å². The molecule has 0 spiro atoms. The van der Waals surface area contributed by atoms with Crippen LogP contribution in [-0.4, -0.2) is 40.0 Å². The summed E-state index contributed by atoms with van der Waals surface area (Å²) in [5.74, 6) is 2.47. The molecule has 0 aliphatic carbocycles. The Balaban J connectivity index is 2.83. The number of hydrogen-bond donors (Lipinski definition) is 1. The second-order valence-corrected chi connectivity index (χ2v) is 4.98. The van der Waals surface area contributed by atoms with Gasteiger partial charge < -0.3 is 24.3 Å². The first kappa shape index (κ1) is 17.4. The zero-order chi connectivity index (χ0) is 15.8. The Hall–Kier alpha value is -1.62. The molecule has 21 heavy (non-hydrogen) atoms. The summed E-state index contributed by atoms with van der Waals surface area (Å²) in [4.78, 5) is 0. The van der Waals surface area contributed by atoms with Gasteiger partial charge in [-0.3, -0.25) is 0 Å². The predicted octanol–water partition coefficient (Wildman–Crippen LogP) is 2.87. The molecule has 1 N–H and O–H groups in total. The molecule has 0 bridgehead atoms. The Kier molecular flexibility index (Phi) is 7.15. The average molecular weight is 297 g/mol. The van der Waals surface area contributed by atoms with E-state index in [-0.39, 0.29) is 6.10 Å². The van der Waals surface area contributed by atoms with Gasteiger partial charge in [0.15, 0.2) is 11.5 Å². The second-order valence-electron chi connectivity index (χ2n) is 4.98. The van der Waals surface area contributed by atoms with Gasteiger partial charge in [0, 0.05) is 18.2 Å². The standard InChI is InChI=1S/C16H27NO4/c1-7-17-11(2)8-12(3)21-13-9-14(18-4)16(20-6)15(10-13)19-5/h9-12,17H,7-8H2,1-6H3. The van der Waals surface area contributed by atoms with Crippen LogP contribution in [0.15, 0.2) is 12.1 Å². The molecule has 1 aromatic carbocycles. The van der Waals surface area contributed by atoms with Crippen LogP contribution in [0, 0.1) is 0 Å². The molecule has 0 aromatic heterocycles. The highest BCUT2D eigenvalue weighted by Crippen LogP contribution is 2.41. The Morgan fingerprint density at radius 1 is 1.00 bits per heavy atom. The van der Waals surface area contributed by atoms with Crippen molar-refractivity contribution in [2.45, 2.75) is 39.3 Å². The van der Waals surface area contributed by atoms with Crippen molar-refractivity contribution in [1.82, 2.24) is 5.32 Å². The van der Waals surface area contributed by atoms with Crippen LogP contribution in [0.3, 0.4) is 0 Å². The fraction of sp³-hybridized carbons (Fsp3) is 0.625. The van der Waals surface area contributed by atoms with Crippen molar-refractivity contribution in [2.24, 2.45) is 0 Å². The van der Waals surface area contributed by atoms with Crippen molar-refractivity contribution >= 4 is 0 Å². The van der Waals surface area contributed by atoms with Gasteiger partial charge in [-0.25, -0.2) is 0 Å². The van der Waals surface area contributed by atoms with Gasteiger partial charge in [0.2, 0.25) is 5.75 Å². The normalized spacial score (nSPS) is 13.4. The molecule has 2 unspecified atom stereocenters. The Labute approximate surface area is 127 Å². The molecular formula is C16H27NO4. The zero-order valence-electron chi connectivity index (χ0n) is 13.9. The molecule has 5 heteroatoms. The smallest absolute Gasteiger partial charge is 0.203 e. The number of benzene rings is 1. The quantitative estimate of drug-likeness (QED) is 0.759. The van der Waals surface area contributed by atoms with Crippen molar-refractivity contribution in [3.63, 3.8) is 0 Å². The summed E-state index contributed by atoms with van der Waals surface area (Å²) in [6.45, 7) is 7.26. The monoisotopic (exact) mass is 297 g/mol. The van der Waals surface area contributed by atoms with Gasteiger partial charge in [0.05, 0.1) is 27.4 Å². The number of rotatable bonds is 9. The van der Waals surface area contributed by atoms with Gasteiger partial charge in [-0.2, -0.15) is 0 Å². The molecule has 2 atom stereocenters. The minimum atomic E-state index is 0.0851. The molecule has 0 saturated heterocycles. The molecule has 1 rings (SSSR count). The van der Waals surface area contributed by atoms with E-state index in [4.69, 9.17) is 18.9 Å². The lowest BCUT2D eigenvalue weighted by molar-refractivity contribution is 0.194. The van der Waals surface area contributed by atoms with E-state index in [2.05, 4.69) is 26.1 Å². The lowest BCUT2D eigenvalue weighted by Crippen LogP contribution is -2.30. The van der Waals surface area contributed by atoms with E-state index in [1.807, 2.05) is 12.1 Å². The third kappa shape index (κ3) is 5.01. The van der Waals surface area contributed by atoms with Crippen LogP contribution in [-0.2, 0) is 0 Å². The second kappa shape index (κ2) is 8.62. The highest BCUT2D eigenvalue weighted by atomic mass is 16.5. The molecule has 0 saturated carbocycles. The van der Waals surface area contributed by atoms with Crippen LogP contribution in [0.25, 0.3) is 0 Å². The van der Waals surface area contributed by atoms with E-state index >= 15 is 0 Å². The number of ether oxygens (including phenoxy) is 4. The predicted molar refractivity (Wildman–Crippen MR) is 83.9 cm³/mol. The van der Waals surface area contributed by atoms with Crippen molar-refractivity contribution in [1.29, 1.82) is 0 Å². The number of nitrogens with one attached hydrogen (secondary N) is 1. The van der Waals surface area contributed by atoms with E-state index in [9.17, 15) is 0 Å². The number of hydrogen-bond acceptors (Lipinski definition) is 5. The first-order valence-electron chi connectivity index (χ1n) is 7.25. The lowest BCUT2D eigenvalue weighted by atomic mass is 10.1. The topological polar surface area (TPSA) is 49.0 Å². The van der Waals surface area contributed by atoms with Crippen LogP contribution in [0.1, 0.15) is 27.2 Å². The van der Waals surface area contributed by atoms with Gasteiger partial charge in [-0.15, -0.1) is 0 Å². The largest absolute Gasteiger partial charge is 0.493 e. The highest BCUT2D eigenvalue weighted by Gasteiger charge is 2.16. The molecule has 1 aromatic rings. The minimum absolute atomic E-state index is 0.0851. The van der Waals surface area contributed by atoms with Crippen molar-refractivity contribution < 1.29 is 18.9 Å². The maximum atomic E-state index is 5.96. The third-order valence-electron chi connectivity index (χ3n) is 3.21. The molecule has 0 heterocycles. The van der Waals surface area contributed by atoms with Crippen LogP contribution >= 0.6 is 0 Å². The minimum Gasteiger partial charge on any atom is -0.493 e. The average Bonchev–Trinajstić information content (AvgIpc) is 2.45. The van der Waals surface area contributed by atoms with Gasteiger partial charge >= 0.3 is 0 Å². The van der Waals surface area contributed by atoms with Gasteiger partial charge in [0.25, 0.3) is 0 Å². The first-order valence-corrected chi connectivity index (χ1v) is 7.25. The maximum absolute atomic E-state index is 5.96. The summed E-state index contributed by atoms with van der Waals surface area (Å²) >= 11 is 0. The van der Waals surface area contributed by atoms with E-state index in [1.54, 1.807) is 21.3 Å². The molecule has 5 nitrogen and oxygen atoms in total. The van der Waals surface area contributed by atoms with Gasteiger partial charge in [0.1, 0.15) is 5.75 Å². The lowest BCUT2D eigenvalue weighted by Gasteiger charge is -2.21. The zero-order valence-corrected chi connectivity index (χ0v) is 13.9. The van der Waals surface area contributed by atoms with Gasteiger partial charge in [-0.05, 0) is 26.8 Å². The van der Waals surface area contributed by atoms with Crippen LogP contribution in [0.2, 0.25) is 0 Å². The van der Waals surface area contributed by atoms with Crippen molar-refractivity contribution in [3.05, 3.63) is 12.1 Å². The molecule has 120 valence electrons. The SMILES string of the molecule is CCNC(C)CC(C)Oc1cc(OC)c(OC)c(OC)c1. The Bertz CT molecular complexity index is 411. The molecule has 0 aliphatic rings. The Morgan fingerprint density at radius 3 is 2.00 bits per heavy atom. The molecule has 0 radical (unpaired) electrons. The van der Waals surface area contributed by atoms with Crippen LogP contribution < -0.4 is 24.3 Å². The number of methoxy groups -OCH3 is 3. The third-order valence-corrected chi connectivity index (χ3v) is 3.21. The van der Waals surface area contributed by atoms with Crippen molar-refractivity contribution in [3.8, 4) is 23.0 Å². The summed E-state index contributed by atoms with van der Waals surface area (Å²) in [7, 11) is 4.77. The van der Waals surface area contributed by atoms with E-state index in [0.29, 0.717) is 29.0 Å². The Morgan fingerprint density at radius 2 is 1.57 bits per heavy atom. The summed E-state index contributed by atoms with van der Waals surface area (Å²) in [6, 6.07) is 4.04. The molecule has 0 aliphatic heterocycles. The van der Waals surface area contributed by atoms with Crippen molar-refractivity contribution in [2.75, 3.05) is 27.9 Å². The highest BCUT2D eigenvalue weighted by molar-refractivity contribution is 5.55. The maximum Gasteiger partial charge on any atom is 0.203 e. The summed E-state index contributed by atoms with van der Waals surface area (Å²) in [6.07, 6.45) is 1.01. The fourth-order valence-electron chi connectivity index (χ4n) is 2.34. The summed E-state index contributed by atoms with van der Waals surface area (Å²) in [5, 5.41) is 3.38. The van der Waals surface area contributed by atoms with E-state index < -0.39 is 0 Å². The fourth-order valence-corrected chi connectivity index (χ4v) is 2.34.